The van der Waals surface area contributed by atoms with Crippen LogP contribution in [0, 0.1) is 158 Å². The lowest BCUT2D eigenvalue weighted by atomic mass is 9.48. The molecule has 0 spiro atoms. The predicted octanol–water partition coefficient (Wildman–Crippen LogP) is 29.9. The summed E-state index contributed by atoms with van der Waals surface area (Å²) in [5, 5.41) is 16.2. The first-order valence-corrected chi connectivity index (χ1v) is 59.4. The number of pyridine rings is 1. The van der Waals surface area contributed by atoms with Crippen LogP contribution in [0.1, 0.15) is 415 Å². The lowest BCUT2D eigenvalue weighted by Crippen LogP contribution is -2.46. The topological polar surface area (TPSA) is 187 Å². The van der Waals surface area contributed by atoms with E-state index in [-0.39, 0.29) is 40.3 Å². The van der Waals surface area contributed by atoms with E-state index in [9.17, 15) is 50.7 Å². The van der Waals surface area contributed by atoms with Crippen molar-refractivity contribution in [3.63, 3.8) is 0 Å². The number of nitrogens with zero attached hydrogens (tertiary/aromatic N) is 1. The fourth-order valence-electron chi connectivity index (χ4n) is 38.1. The third-order valence-corrected chi connectivity index (χ3v) is 42.7. The molecule has 1 heterocycles. The fraction of sp³-hybridized carbons (Fsp3) is 0.677. The van der Waals surface area contributed by atoms with Gasteiger partial charge in [0.2, 0.25) is 0 Å². The van der Waals surface area contributed by atoms with Gasteiger partial charge in [-0.3, -0.25) is 33.8 Å². The maximum atomic E-state index is 14.3. The molecule has 30 rings (SSSR count). The van der Waals surface area contributed by atoms with Gasteiger partial charge in [0.25, 0.3) is 35.4 Å². The van der Waals surface area contributed by atoms with E-state index in [0.29, 0.717) is 62.0 Å². The number of aromatic nitrogens is 1. The second-order valence-corrected chi connectivity index (χ2v) is 53.9. The first kappa shape index (κ1) is 108. The lowest BCUT2D eigenvalue weighted by molar-refractivity contribution is -0.138. The summed E-state index contributed by atoms with van der Waals surface area (Å²) in [5.74, 6) is 15.6. The lowest BCUT2D eigenvalue weighted by Gasteiger charge is -2.57. The second kappa shape index (κ2) is 46.0. The van der Waals surface area contributed by atoms with E-state index in [4.69, 9.17) is 11.6 Å². The highest BCUT2D eigenvalue weighted by Crippen LogP contribution is 2.68. The molecule has 24 saturated carbocycles. The minimum Gasteiger partial charge on any atom is -0.355 e. The Labute approximate surface area is 888 Å². The van der Waals surface area contributed by atoms with Crippen LogP contribution in [0.3, 0.4) is 0 Å². The Morgan fingerprint density at radius 1 is 0.306 bits per heavy atom. The molecule has 0 atom stereocenters. The van der Waals surface area contributed by atoms with Gasteiger partial charge in [0.1, 0.15) is 11.6 Å². The molecule has 6 N–H and O–H groups in total. The van der Waals surface area contributed by atoms with Gasteiger partial charge in [0.15, 0.2) is 0 Å². The zero-order chi connectivity index (χ0) is 103. The van der Waals surface area contributed by atoms with E-state index < -0.39 is 35.2 Å². The molecular formula is C127H170BrClF5N7O6. The maximum Gasteiger partial charge on any atom is 0.416 e. The van der Waals surface area contributed by atoms with Gasteiger partial charge in [-0.05, 0) is 593 Å². The van der Waals surface area contributed by atoms with Gasteiger partial charge in [-0.15, -0.1) is 0 Å². The number of halogens is 7. The summed E-state index contributed by atoms with van der Waals surface area (Å²) in [6.45, 7) is 2.15. The van der Waals surface area contributed by atoms with Crippen LogP contribution in [0.5, 0.6) is 0 Å². The van der Waals surface area contributed by atoms with Crippen LogP contribution in [-0.2, 0) is 44.7 Å². The Hall–Kier alpha value is -7.51. The zero-order valence-electron chi connectivity index (χ0n) is 89.4. The molecule has 24 aliphatic rings. The molecule has 24 bridgehead atoms. The first-order valence-electron chi connectivity index (χ1n) is 58.2. The van der Waals surface area contributed by atoms with Gasteiger partial charge in [0, 0.05) is 97.1 Å². The van der Waals surface area contributed by atoms with Gasteiger partial charge >= 0.3 is 6.18 Å². The van der Waals surface area contributed by atoms with Gasteiger partial charge in [0.05, 0.1) is 11.1 Å². The van der Waals surface area contributed by atoms with E-state index in [0.717, 1.165) is 196 Å². The van der Waals surface area contributed by atoms with Crippen LogP contribution in [0.15, 0.2) is 108 Å². The molecule has 13 nitrogen and oxygen atoms in total. The Morgan fingerprint density at radius 2 is 0.551 bits per heavy atom. The maximum absolute atomic E-state index is 14.3. The summed E-state index contributed by atoms with van der Waals surface area (Å²) < 4.78 is 70.1. The Kier molecular flexibility index (Phi) is 33.8. The zero-order valence-corrected chi connectivity index (χ0v) is 91.8. The van der Waals surface area contributed by atoms with Crippen LogP contribution in [0.2, 0.25) is 5.02 Å². The number of hydrogen-bond acceptors (Lipinski definition) is 7. The third-order valence-electron chi connectivity index (χ3n) is 41.6. The molecule has 0 unspecified atom stereocenters. The summed E-state index contributed by atoms with van der Waals surface area (Å²) in [4.78, 5) is 74.4. The van der Waals surface area contributed by atoms with Crippen molar-refractivity contribution in [3.05, 3.63) is 202 Å². The van der Waals surface area contributed by atoms with Crippen molar-refractivity contribution in [1.82, 2.24) is 36.9 Å². The van der Waals surface area contributed by atoms with Crippen LogP contribution < -0.4 is 31.9 Å². The average molecular weight is 2100 g/mol. The second-order valence-electron chi connectivity index (χ2n) is 52.7. The third kappa shape index (κ3) is 25.8. The largest absolute Gasteiger partial charge is 0.416 e. The SMILES string of the molecule is CNC(=O)c1cc(F)c(CCCC23CC4CC(CC(C4)C2)C3)c(F)c1.CNC(=O)c1ccc(CCCC23CC4CC(CC(C4)C2)C3)c(Br)c1.CNC(=O)c1ccc(CCCC23CC4CC(CC(C4)C2)C3)c(C(F)(F)F)c1.CNC(=O)c1ccc(CCCC23CC4CC(CC(C4)C2)C3)c(C)c1.CNC(=O)c1ccc(CCCC23CC4CC(CC(C4)C2)C3)c(Cl)c1.CNC(=O)c1ccc(CCCC23CC4CC(CC(C4)C2)C3)nc1. The minimum absolute atomic E-state index is 0.0122. The molecule has 147 heavy (non-hydrogen) atoms. The normalized spacial score (nSPS) is 33.3. The number of carbonyl (C=O) groups is 6. The molecule has 798 valence electrons. The molecule has 6 amide bonds. The summed E-state index contributed by atoms with van der Waals surface area (Å²) in [6.07, 6.45) is 69.7. The van der Waals surface area contributed by atoms with Crippen LogP contribution in [-0.4, -0.2) is 82.7 Å². The van der Waals surface area contributed by atoms with Crippen molar-refractivity contribution < 1.29 is 50.7 Å². The Morgan fingerprint density at radius 3 is 0.844 bits per heavy atom. The van der Waals surface area contributed by atoms with Crippen molar-refractivity contribution in [2.75, 3.05) is 42.3 Å². The van der Waals surface area contributed by atoms with Crippen LogP contribution >= 0.6 is 27.5 Å². The molecule has 24 fully saturated rings. The van der Waals surface area contributed by atoms with Crippen LogP contribution in [0.4, 0.5) is 22.0 Å². The van der Waals surface area contributed by atoms with Crippen molar-refractivity contribution >= 4 is 63.0 Å². The molecule has 6 aromatic rings. The minimum atomic E-state index is -4.43. The van der Waals surface area contributed by atoms with E-state index >= 15 is 0 Å². The van der Waals surface area contributed by atoms with E-state index in [1.807, 2.05) is 48.5 Å². The highest BCUT2D eigenvalue weighted by Gasteiger charge is 2.57. The van der Waals surface area contributed by atoms with Gasteiger partial charge in [-0.1, -0.05) is 51.8 Å². The number of hydrogen-bond donors (Lipinski definition) is 6. The molecule has 24 aliphatic carbocycles. The van der Waals surface area contributed by atoms with Gasteiger partial charge in [-0.2, -0.15) is 13.2 Å². The molecule has 5 aromatic carbocycles. The molecule has 0 aliphatic heterocycles. The number of amides is 6. The number of carbonyl (C=O) groups excluding carboxylic acids is 6. The standard InChI is InChI=1S/C22H28F3NO.C22H31NO.C21H28BrNO.C21H28ClNO.C21H27F2NO.C20H28N2O/c1-26-20(27)18-5-4-17(19(10-18)22(23,24)25)3-2-6-21-11-14-7-15(12-21)9-16(8-14)13-21;1-15-8-20(21(24)23-2)6-5-19(15)4-3-7-22-12-16-9-17(13-22)11-18(10-16)14-22;2*1-23-20(24)18-5-4-17(19(22)10-18)3-2-6-21-11-14-7-15(12-21)9-16(8-14)13-21;1-24-20(25)16-8-18(22)17(19(23)9-16)3-2-4-21-10-13-5-14(11-21)7-15(6-13)12-21;1-21-19(23)17-4-5-18(22-13-17)3-2-6-20-10-14-7-15(11-20)9-16(8-14)12-20/h4-5,10,14-16H,2-3,6-9,11-13H2,1H3,(H,26,27);5-6,8,16-18H,3-4,7,9-14H2,1-2H3,(H,23,24);2*4-5,10,14-16H,2-3,6-9,11-13H2,1H3,(H,23,24);8-9,13-15H,2-7,10-12H2,1H3,(H,24,25);4-5,13-16H,2-3,6-12H2,1H3,(H,21,23). The Balaban J connectivity index is 0.000000111. The summed E-state index contributed by atoms with van der Waals surface area (Å²) >= 11 is 10.1. The molecule has 1 aromatic heterocycles. The number of rotatable bonds is 30. The first-order chi connectivity index (χ1) is 70.6. The number of alkyl halides is 3. The summed E-state index contributed by atoms with van der Waals surface area (Å²) in [6, 6.07) is 28.2. The summed E-state index contributed by atoms with van der Waals surface area (Å²) in [5.41, 5.74) is 12.6. The summed E-state index contributed by atoms with van der Waals surface area (Å²) in [7, 11) is 9.55. The average Bonchev–Trinajstić information content (AvgIpc) is 0.767. The molecular weight excluding hydrogens is 1930 g/mol. The highest BCUT2D eigenvalue weighted by molar-refractivity contribution is 9.10. The van der Waals surface area contributed by atoms with Crippen LogP contribution in [0.25, 0.3) is 0 Å². The van der Waals surface area contributed by atoms with E-state index in [1.54, 1.807) is 40.5 Å². The van der Waals surface area contributed by atoms with Gasteiger partial charge in [-0.25, -0.2) is 8.78 Å². The fourth-order valence-corrected chi connectivity index (χ4v) is 39.0. The number of benzene rings is 5. The molecule has 20 heteroatoms. The monoisotopic (exact) mass is 2100 g/mol. The highest BCUT2D eigenvalue weighted by atomic mass is 79.9. The number of aryl methyl sites for hydroxylation is 6. The quantitative estimate of drug-likeness (QED) is 0.0242. The molecule has 0 radical (unpaired) electrons. The van der Waals surface area contributed by atoms with Gasteiger partial charge < -0.3 is 31.9 Å². The van der Waals surface area contributed by atoms with Crippen molar-refractivity contribution in [1.29, 1.82) is 0 Å². The molecule has 0 saturated heterocycles. The Bertz CT molecular complexity index is 5170. The van der Waals surface area contributed by atoms with Crippen molar-refractivity contribution in [3.8, 4) is 0 Å². The predicted molar refractivity (Wildman–Crippen MR) is 580 cm³/mol. The van der Waals surface area contributed by atoms with E-state index in [2.05, 4.69) is 71.9 Å². The number of nitrogens with one attached hydrogen (secondary N) is 6. The van der Waals surface area contributed by atoms with Crippen molar-refractivity contribution in [2.24, 2.45) is 139 Å². The van der Waals surface area contributed by atoms with Crippen molar-refractivity contribution in [2.45, 2.75) is 360 Å². The van der Waals surface area contributed by atoms with E-state index in [1.165, 1.54) is 337 Å². The smallest absolute Gasteiger partial charge is 0.355 e.